The van der Waals surface area contributed by atoms with Gasteiger partial charge in [-0.25, -0.2) is 0 Å². The molecular formula is C16H27N5O. The second-order valence-electron chi connectivity index (χ2n) is 6.56. The van der Waals surface area contributed by atoms with Gasteiger partial charge in [-0.3, -0.25) is 9.48 Å². The van der Waals surface area contributed by atoms with Crippen LogP contribution in [0.1, 0.15) is 44.9 Å². The molecule has 1 unspecified atom stereocenters. The number of rotatable bonds is 6. The number of amides is 1. The zero-order chi connectivity index (χ0) is 15.2. The van der Waals surface area contributed by atoms with Crippen molar-refractivity contribution < 1.29 is 4.79 Å². The van der Waals surface area contributed by atoms with E-state index in [4.69, 9.17) is 0 Å². The Balaban J connectivity index is 1.36. The fourth-order valence-electron chi connectivity index (χ4n) is 3.98. The van der Waals surface area contributed by atoms with Gasteiger partial charge < -0.3 is 10.2 Å². The van der Waals surface area contributed by atoms with E-state index < -0.39 is 0 Å². The SMILES string of the molecule is O=C(CCC1CCCN2CCCC[C@@H]12)NCCn1ccnn1. The van der Waals surface area contributed by atoms with Crippen LogP contribution in [0, 0.1) is 5.92 Å². The molecule has 0 spiro atoms. The molecule has 6 heteroatoms. The zero-order valence-electron chi connectivity index (χ0n) is 13.3. The first-order valence-corrected chi connectivity index (χ1v) is 8.68. The topological polar surface area (TPSA) is 63.1 Å². The van der Waals surface area contributed by atoms with E-state index in [0.29, 0.717) is 19.5 Å². The number of hydrogen-bond acceptors (Lipinski definition) is 4. The quantitative estimate of drug-likeness (QED) is 0.864. The minimum Gasteiger partial charge on any atom is -0.354 e. The maximum Gasteiger partial charge on any atom is 0.220 e. The largest absolute Gasteiger partial charge is 0.354 e. The molecule has 1 N–H and O–H groups in total. The minimum absolute atomic E-state index is 0.174. The van der Waals surface area contributed by atoms with Gasteiger partial charge in [0.05, 0.1) is 12.7 Å². The van der Waals surface area contributed by atoms with Crippen molar-refractivity contribution in [1.29, 1.82) is 0 Å². The molecule has 1 aromatic rings. The predicted octanol–water partition coefficient (Wildman–Crippen LogP) is 1.44. The molecule has 0 bridgehead atoms. The van der Waals surface area contributed by atoms with Gasteiger partial charge in [-0.1, -0.05) is 11.6 Å². The summed E-state index contributed by atoms with van der Waals surface area (Å²) >= 11 is 0. The number of nitrogens with one attached hydrogen (secondary N) is 1. The summed E-state index contributed by atoms with van der Waals surface area (Å²) in [5, 5.41) is 10.6. The second-order valence-corrected chi connectivity index (χ2v) is 6.56. The van der Waals surface area contributed by atoms with Crippen molar-refractivity contribution in [3.8, 4) is 0 Å². The summed E-state index contributed by atoms with van der Waals surface area (Å²) in [5.41, 5.74) is 0. The Morgan fingerprint density at radius 1 is 1.23 bits per heavy atom. The molecule has 0 radical (unpaired) electrons. The first-order valence-electron chi connectivity index (χ1n) is 8.68. The first kappa shape index (κ1) is 15.5. The third-order valence-electron chi connectivity index (χ3n) is 5.11. The van der Waals surface area contributed by atoms with Crippen molar-refractivity contribution >= 4 is 5.91 Å². The van der Waals surface area contributed by atoms with E-state index in [1.54, 1.807) is 10.9 Å². The highest BCUT2D eigenvalue weighted by Crippen LogP contribution is 2.33. The van der Waals surface area contributed by atoms with Crippen LogP contribution < -0.4 is 5.32 Å². The Bertz CT molecular complexity index is 459. The number of fused-ring (bicyclic) bond motifs is 1. The van der Waals surface area contributed by atoms with Crippen molar-refractivity contribution in [2.24, 2.45) is 5.92 Å². The molecule has 0 saturated carbocycles. The minimum atomic E-state index is 0.174. The van der Waals surface area contributed by atoms with Crippen LogP contribution in [0.5, 0.6) is 0 Å². The number of nitrogens with zero attached hydrogens (tertiary/aromatic N) is 4. The fourth-order valence-corrected chi connectivity index (χ4v) is 3.98. The lowest BCUT2D eigenvalue weighted by molar-refractivity contribution is -0.121. The number of hydrogen-bond donors (Lipinski definition) is 1. The van der Waals surface area contributed by atoms with Crippen molar-refractivity contribution in [1.82, 2.24) is 25.2 Å². The fraction of sp³-hybridized carbons (Fsp3) is 0.812. The normalized spacial score (nSPS) is 25.6. The molecule has 2 atom stereocenters. The highest BCUT2D eigenvalue weighted by molar-refractivity contribution is 5.75. The van der Waals surface area contributed by atoms with Crippen LogP contribution in [0.15, 0.2) is 12.4 Å². The predicted molar refractivity (Wildman–Crippen MR) is 84.2 cm³/mol. The van der Waals surface area contributed by atoms with E-state index in [2.05, 4.69) is 20.5 Å². The third kappa shape index (κ3) is 4.06. The number of aromatic nitrogens is 3. The molecule has 2 fully saturated rings. The molecule has 2 aliphatic rings. The van der Waals surface area contributed by atoms with E-state index in [1.165, 1.54) is 45.2 Å². The van der Waals surface area contributed by atoms with Crippen LogP contribution in [-0.2, 0) is 11.3 Å². The average Bonchev–Trinajstić information content (AvgIpc) is 3.06. The first-order chi connectivity index (χ1) is 10.8. The molecule has 6 nitrogen and oxygen atoms in total. The smallest absolute Gasteiger partial charge is 0.220 e. The monoisotopic (exact) mass is 305 g/mol. The lowest BCUT2D eigenvalue weighted by atomic mass is 9.81. The maximum absolute atomic E-state index is 12.0. The standard InChI is InChI=1S/C16H27N5O/c22-16(17-8-12-21-13-9-18-19-21)7-6-14-4-3-11-20-10-2-1-5-15(14)20/h9,13-15H,1-8,10-12H2,(H,17,22)/t14?,15-/m0/s1. The van der Waals surface area contributed by atoms with E-state index in [1.807, 2.05) is 6.20 Å². The lowest BCUT2D eigenvalue weighted by Crippen LogP contribution is -2.48. The van der Waals surface area contributed by atoms with Gasteiger partial charge in [0.15, 0.2) is 0 Å². The van der Waals surface area contributed by atoms with Gasteiger partial charge in [-0.05, 0) is 51.1 Å². The summed E-state index contributed by atoms with van der Waals surface area (Å²) in [7, 11) is 0. The molecule has 122 valence electrons. The molecule has 0 aromatic carbocycles. The summed E-state index contributed by atoms with van der Waals surface area (Å²) in [6.07, 6.45) is 11.8. The molecule has 2 aliphatic heterocycles. The molecule has 2 saturated heterocycles. The Hall–Kier alpha value is -1.43. The van der Waals surface area contributed by atoms with Crippen molar-refractivity contribution in [3.63, 3.8) is 0 Å². The molecule has 1 aromatic heterocycles. The summed E-state index contributed by atoms with van der Waals surface area (Å²) in [4.78, 5) is 14.7. The van der Waals surface area contributed by atoms with Gasteiger partial charge in [-0.2, -0.15) is 0 Å². The highest BCUT2D eigenvalue weighted by atomic mass is 16.1. The lowest BCUT2D eigenvalue weighted by Gasteiger charge is -2.44. The van der Waals surface area contributed by atoms with Crippen molar-refractivity contribution in [2.75, 3.05) is 19.6 Å². The summed E-state index contributed by atoms with van der Waals surface area (Å²) in [6.45, 7) is 3.85. The van der Waals surface area contributed by atoms with Crippen LogP contribution in [0.25, 0.3) is 0 Å². The number of carbonyl (C=O) groups excluding carboxylic acids is 1. The van der Waals surface area contributed by atoms with Gasteiger partial charge in [0.2, 0.25) is 5.91 Å². The number of carbonyl (C=O) groups is 1. The number of piperidine rings is 2. The van der Waals surface area contributed by atoms with Gasteiger partial charge in [0, 0.05) is 25.2 Å². The van der Waals surface area contributed by atoms with E-state index >= 15 is 0 Å². The van der Waals surface area contributed by atoms with E-state index in [0.717, 1.165) is 18.4 Å². The van der Waals surface area contributed by atoms with E-state index in [-0.39, 0.29) is 5.91 Å². The van der Waals surface area contributed by atoms with Gasteiger partial charge in [0.1, 0.15) is 0 Å². The van der Waals surface area contributed by atoms with Gasteiger partial charge in [-0.15, -0.1) is 5.10 Å². The summed E-state index contributed by atoms with van der Waals surface area (Å²) < 4.78 is 1.74. The summed E-state index contributed by atoms with van der Waals surface area (Å²) in [5.74, 6) is 0.892. The van der Waals surface area contributed by atoms with Gasteiger partial charge in [0.25, 0.3) is 0 Å². The van der Waals surface area contributed by atoms with Gasteiger partial charge >= 0.3 is 0 Å². The summed E-state index contributed by atoms with van der Waals surface area (Å²) in [6, 6.07) is 0.741. The average molecular weight is 305 g/mol. The van der Waals surface area contributed by atoms with Crippen LogP contribution >= 0.6 is 0 Å². The zero-order valence-corrected chi connectivity index (χ0v) is 13.3. The Kier molecular flexibility index (Phi) is 5.43. The Morgan fingerprint density at radius 2 is 2.14 bits per heavy atom. The van der Waals surface area contributed by atoms with E-state index in [9.17, 15) is 4.79 Å². The van der Waals surface area contributed by atoms with Crippen LogP contribution in [0.4, 0.5) is 0 Å². The third-order valence-corrected chi connectivity index (χ3v) is 5.11. The highest BCUT2D eigenvalue weighted by Gasteiger charge is 2.32. The van der Waals surface area contributed by atoms with Crippen molar-refractivity contribution in [2.45, 2.75) is 57.5 Å². The van der Waals surface area contributed by atoms with Crippen molar-refractivity contribution in [3.05, 3.63) is 12.4 Å². The molecule has 3 rings (SSSR count). The molecule has 3 heterocycles. The molecule has 22 heavy (non-hydrogen) atoms. The molecule has 1 amide bonds. The molecule has 0 aliphatic carbocycles. The Labute approximate surface area is 132 Å². The van der Waals surface area contributed by atoms with Crippen LogP contribution in [-0.4, -0.2) is 51.5 Å². The maximum atomic E-state index is 12.0. The van der Waals surface area contributed by atoms with Crippen LogP contribution in [0.2, 0.25) is 0 Å². The van der Waals surface area contributed by atoms with Crippen LogP contribution in [0.3, 0.4) is 0 Å². The molecular weight excluding hydrogens is 278 g/mol. The Morgan fingerprint density at radius 3 is 3.00 bits per heavy atom. The second kappa shape index (κ2) is 7.72.